The minimum absolute atomic E-state index is 0.0175. The van der Waals surface area contributed by atoms with Crippen molar-refractivity contribution in [3.05, 3.63) is 23.3 Å². The highest BCUT2D eigenvalue weighted by atomic mass is 16.5. The fraction of sp³-hybridized carbons (Fsp3) is 0.680. The standard InChI is InChI=1S/C25H38N4O4/c1-16-5-4-10-26-24(16)19(7-9-22(30)29-11-13-33-14-12-29)28-25(31)20-15-18-21(32-3)8-6-17(2)23(18)27-20/h6,8,16,19-20,24,26-27H,4-5,7,9-15H2,1-3H3,(H,28,31). The highest BCUT2D eigenvalue weighted by Gasteiger charge is 2.35. The molecule has 1 aromatic rings. The number of carbonyl (C=O) groups is 2. The number of nitrogens with one attached hydrogen (secondary N) is 3. The number of anilines is 1. The molecule has 0 bridgehead atoms. The first kappa shape index (κ1) is 23.8. The van der Waals surface area contributed by atoms with Crippen molar-refractivity contribution in [1.82, 2.24) is 15.5 Å². The summed E-state index contributed by atoms with van der Waals surface area (Å²) >= 11 is 0. The van der Waals surface area contributed by atoms with Gasteiger partial charge in [-0.2, -0.15) is 0 Å². The Kier molecular flexibility index (Phi) is 7.75. The third-order valence-corrected chi connectivity index (χ3v) is 7.36. The van der Waals surface area contributed by atoms with E-state index in [0.717, 1.165) is 42.0 Å². The lowest BCUT2D eigenvalue weighted by Crippen LogP contribution is -2.57. The van der Waals surface area contributed by atoms with Gasteiger partial charge in [0, 0.05) is 49.3 Å². The average molecular weight is 459 g/mol. The number of benzene rings is 1. The third-order valence-electron chi connectivity index (χ3n) is 7.36. The number of rotatable bonds is 7. The highest BCUT2D eigenvalue weighted by molar-refractivity contribution is 5.89. The molecule has 0 radical (unpaired) electrons. The van der Waals surface area contributed by atoms with Crippen molar-refractivity contribution in [3.63, 3.8) is 0 Å². The van der Waals surface area contributed by atoms with Gasteiger partial charge in [0.2, 0.25) is 11.8 Å². The molecule has 33 heavy (non-hydrogen) atoms. The zero-order valence-electron chi connectivity index (χ0n) is 20.1. The maximum Gasteiger partial charge on any atom is 0.243 e. The summed E-state index contributed by atoms with van der Waals surface area (Å²) in [4.78, 5) is 28.0. The Morgan fingerprint density at radius 2 is 2.09 bits per heavy atom. The van der Waals surface area contributed by atoms with E-state index in [0.29, 0.717) is 51.5 Å². The molecule has 4 rings (SSSR count). The maximum absolute atomic E-state index is 13.4. The zero-order chi connectivity index (χ0) is 23.4. The van der Waals surface area contributed by atoms with Gasteiger partial charge < -0.3 is 30.3 Å². The fourth-order valence-electron chi connectivity index (χ4n) is 5.42. The lowest BCUT2D eigenvalue weighted by molar-refractivity contribution is -0.135. The quantitative estimate of drug-likeness (QED) is 0.578. The van der Waals surface area contributed by atoms with Gasteiger partial charge in [-0.3, -0.25) is 9.59 Å². The molecule has 2 amide bonds. The van der Waals surface area contributed by atoms with Gasteiger partial charge in [-0.1, -0.05) is 13.0 Å². The van der Waals surface area contributed by atoms with E-state index in [9.17, 15) is 9.59 Å². The van der Waals surface area contributed by atoms with E-state index < -0.39 is 0 Å². The number of nitrogens with zero attached hydrogens (tertiary/aromatic N) is 1. The van der Waals surface area contributed by atoms with E-state index in [2.05, 4.69) is 22.9 Å². The molecule has 3 aliphatic rings. The first-order valence-corrected chi connectivity index (χ1v) is 12.3. The van der Waals surface area contributed by atoms with Crippen LogP contribution in [0.3, 0.4) is 0 Å². The van der Waals surface area contributed by atoms with Crippen molar-refractivity contribution in [3.8, 4) is 5.75 Å². The molecule has 0 saturated carbocycles. The molecule has 4 atom stereocenters. The first-order chi connectivity index (χ1) is 16.0. The molecular formula is C25H38N4O4. The smallest absolute Gasteiger partial charge is 0.243 e. The molecule has 4 unspecified atom stereocenters. The summed E-state index contributed by atoms with van der Waals surface area (Å²) in [6.07, 6.45) is 3.93. The van der Waals surface area contributed by atoms with Crippen molar-refractivity contribution in [1.29, 1.82) is 0 Å². The Hall–Kier alpha value is -2.32. The molecule has 8 heteroatoms. The molecule has 2 fully saturated rings. The van der Waals surface area contributed by atoms with Crippen LogP contribution in [0.15, 0.2) is 12.1 Å². The lowest BCUT2D eigenvalue weighted by Gasteiger charge is -2.37. The third kappa shape index (κ3) is 5.44. The number of morpholine rings is 1. The van der Waals surface area contributed by atoms with E-state index in [1.807, 2.05) is 24.0 Å². The predicted molar refractivity (Wildman–Crippen MR) is 128 cm³/mol. The van der Waals surface area contributed by atoms with Gasteiger partial charge in [-0.05, 0) is 50.3 Å². The van der Waals surface area contributed by atoms with Crippen LogP contribution in [0.4, 0.5) is 5.69 Å². The second-order valence-corrected chi connectivity index (χ2v) is 9.59. The van der Waals surface area contributed by atoms with E-state index >= 15 is 0 Å². The summed E-state index contributed by atoms with van der Waals surface area (Å²) in [5, 5.41) is 10.3. The minimum Gasteiger partial charge on any atom is -0.496 e. The number of fused-ring (bicyclic) bond motifs is 1. The second kappa shape index (κ2) is 10.7. The molecule has 182 valence electrons. The van der Waals surface area contributed by atoms with Gasteiger partial charge in [0.15, 0.2) is 0 Å². The van der Waals surface area contributed by atoms with Crippen LogP contribution >= 0.6 is 0 Å². The molecule has 1 aromatic carbocycles. The van der Waals surface area contributed by atoms with Gasteiger partial charge in [0.25, 0.3) is 0 Å². The topological polar surface area (TPSA) is 91.9 Å². The van der Waals surface area contributed by atoms with Crippen LogP contribution in [0.25, 0.3) is 0 Å². The van der Waals surface area contributed by atoms with Crippen LogP contribution in [0.5, 0.6) is 5.75 Å². The van der Waals surface area contributed by atoms with Crippen LogP contribution < -0.4 is 20.7 Å². The summed E-state index contributed by atoms with van der Waals surface area (Å²) in [7, 11) is 1.66. The molecule has 0 aliphatic carbocycles. The van der Waals surface area contributed by atoms with Gasteiger partial charge in [0.05, 0.1) is 20.3 Å². The van der Waals surface area contributed by atoms with E-state index in [4.69, 9.17) is 9.47 Å². The monoisotopic (exact) mass is 458 g/mol. The van der Waals surface area contributed by atoms with Crippen LogP contribution in [0.1, 0.15) is 43.7 Å². The Labute approximate surface area is 196 Å². The summed E-state index contributed by atoms with van der Waals surface area (Å²) in [6, 6.07) is 3.71. The largest absolute Gasteiger partial charge is 0.496 e. The Morgan fingerprint density at radius 3 is 2.82 bits per heavy atom. The maximum atomic E-state index is 13.4. The van der Waals surface area contributed by atoms with Crippen molar-refractivity contribution in [2.75, 3.05) is 45.3 Å². The SMILES string of the molecule is COc1ccc(C)c2c1CC(C(=O)NC(CCC(=O)N1CCOCC1)C1NCCCC1C)N2. The van der Waals surface area contributed by atoms with Gasteiger partial charge in [-0.15, -0.1) is 0 Å². The number of hydrogen-bond acceptors (Lipinski definition) is 6. The Morgan fingerprint density at radius 1 is 1.30 bits per heavy atom. The molecule has 0 spiro atoms. The Bertz CT molecular complexity index is 855. The average Bonchev–Trinajstić information content (AvgIpc) is 3.29. The van der Waals surface area contributed by atoms with E-state index in [1.165, 1.54) is 0 Å². The fourth-order valence-corrected chi connectivity index (χ4v) is 5.42. The summed E-state index contributed by atoms with van der Waals surface area (Å²) < 4.78 is 10.9. The summed E-state index contributed by atoms with van der Waals surface area (Å²) in [6.45, 7) is 7.73. The molecular weight excluding hydrogens is 420 g/mol. The van der Waals surface area contributed by atoms with Crippen LogP contribution in [-0.4, -0.2) is 74.8 Å². The lowest BCUT2D eigenvalue weighted by atomic mass is 9.85. The highest BCUT2D eigenvalue weighted by Crippen LogP contribution is 2.36. The van der Waals surface area contributed by atoms with Crippen LogP contribution in [0, 0.1) is 12.8 Å². The van der Waals surface area contributed by atoms with E-state index in [1.54, 1.807) is 7.11 Å². The molecule has 3 aliphatic heterocycles. The summed E-state index contributed by atoms with van der Waals surface area (Å²) in [5.41, 5.74) is 3.16. The van der Waals surface area contributed by atoms with Crippen LogP contribution in [0.2, 0.25) is 0 Å². The van der Waals surface area contributed by atoms with Crippen molar-refractivity contribution in [2.24, 2.45) is 5.92 Å². The first-order valence-electron chi connectivity index (χ1n) is 12.3. The number of piperidine rings is 1. The number of ether oxygens (including phenoxy) is 2. The Balaban J connectivity index is 1.42. The number of amides is 2. The normalized spacial score (nSPS) is 25.7. The number of hydrogen-bond donors (Lipinski definition) is 3. The van der Waals surface area contributed by atoms with Crippen molar-refractivity contribution >= 4 is 17.5 Å². The molecule has 3 N–H and O–H groups in total. The van der Waals surface area contributed by atoms with Gasteiger partial charge in [-0.25, -0.2) is 0 Å². The number of methoxy groups -OCH3 is 1. The van der Waals surface area contributed by atoms with Crippen molar-refractivity contribution in [2.45, 2.75) is 64.1 Å². The molecule has 3 heterocycles. The van der Waals surface area contributed by atoms with Crippen LogP contribution in [-0.2, 0) is 20.7 Å². The number of carbonyl (C=O) groups excluding carboxylic acids is 2. The predicted octanol–water partition coefficient (Wildman–Crippen LogP) is 1.85. The molecule has 8 nitrogen and oxygen atoms in total. The van der Waals surface area contributed by atoms with E-state index in [-0.39, 0.29) is 29.9 Å². The van der Waals surface area contributed by atoms with Gasteiger partial charge in [0.1, 0.15) is 11.8 Å². The van der Waals surface area contributed by atoms with Gasteiger partial charge >= 0.3 is 0 Å². The minimum atomic E-state index is -0.341. The summed E-state index contributed by atoms with van der Waals surface area (Å²) in [5.74, 6) is 1.39. The molecule has 0 aromatic heterocycles. The van der Waals surface area contributed by atoms with Crippen molar-refractivity contribution < 1.29 is 19.1 Å². The number of aryl methyl sites for hydroxylation is 1. The zero-order valence-corrected chi connectivity index (χ0v) is 20.1. The second-order valence-electron chi connectivity index (χ2n) is 9.59. The molecule has 2 saturated heterocycles.